The highest BCUT2D eigenvalue weighted by molar-refractivity contribution is 5.73. The van der Waals surface area contributed by atoms with Crippen LogP contribution in [0.3, 0.4) is 0 Å². The molecule has 0 aliphatic heterocycles. The van der Waals surface area contributed by atoms with Gasteiger partial charge in [0.1, 0.15) is 0 Å². The highest BCUT2D eigenvalue weighted by Gasteiger charge is 2.28. The van der Waals surface area contributed by atoms with Gasteiger partial charge < -0.3 is 15.7 Å². The molecule has 1 aliphatic carbocycles. The lowest BCUT2D eigenvalue weighted by Gasteiger charge is -2.23. The van der Waals surface area contributed by atoms with Gasteiger partial charge in [-0.05, 0) is 37.0 Å². The Hall–Kier alpha value is -1.26. The Morgan fingerprint density at radius 2 is 1.85 bits per heavy atom. The number of carboxylic acids is 1. The van der Waals surface area contributed by atoms with Crippen molar-refractivity contribution in [1.29, 1.82) is 0 Å². The van der Waals surface area contributed by atoms with Gasteiger partial charge in [-0.2, -0.15) is 0 Å². The van der Waals surface area contributed by atoms with Crippen LogP contribution in [0, 0.1) is 11.3 Å². The average Bonchev–Trinajstić information content (AvgIpc) is 2.81. The molecule has 5 nitrogen and oxygen atoms in total. The van der Waals surface area contributed by atoms with Crippen molar-refractivity contribution < 1.29 is 14.7 Å². The molecule has 1 saturated carbocycles. The minimum Gasteiger partial charge on any atom is -0.481 e. The molecule has 1 fully saturated rings. The minimum absolute atomic E-state index is 0.108. The number of nitrogens with one attached hydrogen (secondary N) is 2. The van der Waals surface area contributed by atoms with E-state index in [1.54, 1.807) is 0 Å². The van der Waals surface area contributed by atoms with Crippen LogP contribution in [0.25, 0.3) is 0 Å². The Morgan fingerprint density at radius 1 is 1.20 bits per heavy atom. The number of carboxylic acid groups (broad SMARTS) is 1. The van der Waals surface area contributed by atoms with Gasteiger partial charge in [0.05, 0.1) is 0 Å². The Balaban J connectivity index is 2.06. The number of urea groups is 1. The van der Waals surface area contributed by atoms with Crippen LogP contribution in [-0.4, -0.2) is 30.2 Å². The maximum atomic E-state index is 11.7. The first-order valence-electron chi connectivity index (χ1n) is 7.65. The molecule has 2 amide bonds. The SMILES string of the molecule is CC(CCNC(=O)NCC1(C)CCCC1)CCC(=O)O. The summed E-state index contributed by atoms with van der Waals surface area (Å²) >= 11 is 0. The fourth-order valence-electron chi connectivity index (χ4n) is 2.71. The van der Waals surface area contributed by atoms with Crippen LogP contribution in [0.5, 0.6) is 0 Å². The summed E-state index contributed by atoms with van der Waals surface area (Å²) in [6.45, 7) is 5.59. The van der Waals surface area contributed by atoms with Gasteiger partial charge in [0.15, 0.2) is 0 Å². The van der Waals surface area contributed by atoms with E-state index in [-0.39, 0.29) is 17.9 Å². The molecular weight excluding hydrogens is 256 g/mol. The number of hydrogen-bond acceptors (Lipinski definition) is 2. The summed E-state index contributed by atoms with van der Waals surface area (Å²) in [4.78, 5) is 22.1. The second-order valence-corrected chi connectivity index (χ2v) is 6.45. The molecule has 1 unspecified atom stereocenters. The molecule has 0 spiro atoms. The summed E-state index contributed by atoms with van der Waals surface area (Å²) < 4.78 is 0. The molecule has 0 heterocycles. The molecule has 0 aromatic heterocycles. The zero-order valence-corrected chi connectivity index (χ0v) is 12.7. The lowest BCUT2D eigenvalue weighted by molar-refractivity contribution is -0.137. The quantitative estimate of drug-likeness (QED) is 0.641. The zero-order chi connectivity index (χ0) is 15.0. The van der Waals surface area contributed by atoms with Crippen molar-refractivity contribution in [3.8, 4) is 0 Å². The number of carbonyl (C=O) groups excluding carboxylic acids is 1. The van der Waals surface area contributed by atoms with Crippen molar-refractivity contribution in [3.63, 3.8) is 0 Å². The number of amides is 2. The molecule has 0 bridgehead atoms. The summed E-state index contributed by atoms with van der Waals surface area (Å²) in [7, 11) is 0. The molecule has 116 valence electrons. The predicted octanol–water partition coefficient (Wildman–Crippen LogP) is 2.76. The first kappa shape index (κ1) is 16.8. The number of rotatable bonds is 8. The predicted molar refractivity (Wildman–Crippen MR) is 78.6 cm³/mol. The monoisotopic (exact) mass is 284 g/mol. The third-order valence-corrected chi connectivity index (χ3v) is 4.26. The Kier molecular flexibility index (Phi) is 6.82. The highest BCUT2D eigenvalue weighted by atomic mass is 16.4. The molecule has 0 aromatic carbocycles. The van der Waals surface area contributed by atoms with Gasteiger partial charge in [0, 0.05) is 19.5 Å². The second kappa shape index (κ2) is 8.12. The van der Waals surface area contributed by atoms with Gasteiger partial charge in [-0.3, -0.25) is 4.79 Å². The van der Waals surface area contributed by atoms with E-state index in [1.165, 1.54) is 25.7 Å². The van der Waals surface area contributed by atoms with Gasteiger partial charge >= 0.3 is 12.0 Å². The molecule has 3 N–H and O–H groups in total. The molecule has 1 rings (SSSR count). The van der Waals surface area contributed by atoms with Crippen LogP contribution in [0.4, 0.5) is 4.79 Å². The maximum Gasteiger partial charge on any atom is 0.314 e. The van der Waals surface area contributed by atoms with Crippen molar-refractivity contribution in [1.82, 2.24) is 10.6 Å². The fraction of sp³-hybridized carbons (Fsp3) is 0.867. The molecule has 0 aromatic rings. The molecule has 5 heteroatoms. The minimum atomic E-state index is -0.757. The van der Waals surface area contributed by atoms with E-state index < -0.39 is 5.97 Å². The van der Waals surface area contributed by atoms with Crippen molar-refractivity contribution in [2.75, 3.05) is 13.1 Å². The maximum absolute atomic E-state index is 11.7. The highest BCUT2D eigenvalue weighted by Crippen LogP contribution is 2.36. The van der Waals surface area contributed by atoms with E-state index in [9.17, 15) is 9.59 Å². The van der Waals surface area contributed by atoms with E-state index in [4.69, 9.17) is 5.11 Å². The lowest BCUT2D eigenvalue weighted by atomic mass is 9.89. The summed E-state index contributed by atoms with van der Waals surface area (Å²) in [6.07, 6.45) is 6.60. The zero-order valence-electron chi connectivity index (χ0n) is 12.7. The summed E-state index contributed by atoms with van der Waals surface area (Å²) in [5.41, 5.74) is 0.270. The van der Waals surface area contributed by atoms with E-state index in [0.717, 1.165) is 13.0 Å². The second-order valence-electron chi connectivity index (χ2n) is 6.45. The Bertz CT molecular complexity index is 325. The normalized spacial score (nSPS) is 18.5. The van der Waals surface area contributed by atoms with Gasteiger partial charge in [0.2, 0.25) is 0 Å². The average molecular weight is 284 g/mol. The van der Waals surface area contributed by atoms with Crippen LogP contribution < -0.4 is 10.6 Å². The molecule has 1 atom stereocenters. The summed E-state index contributed by atoms with van der Waals surface area (Å²) in [5, 5.41) is 14.4. The van der Waals surface area contributed by atoms with Crippen molar-refractivity contribution >= 4 is 12.0 Å². The van der Waals surface area contributed by atoms with Crippen molar-refractivity contribution in [3.05, 3.63) is 0 Å². The first-order chi connectivity index (χ1) is 9.41. The summed E-state index contributed by atoms with van der Waals surface area (Å²) in [6, 6.07) is -0.108. The van der Waals surface area contributed by atoms with Crippen molar-refractivity contribution in [2.45, 2.75) is 58.8 Å². The Labute approximate surface area is 121 Å². The smallest absolute Gasteiger partial charge is 0.314 e. The molecular formula is C15H28N2O3. The third kappa shape index (κ3) is 6.78. The van der Waals surface area contributed by atoms with E-state index in [2.05, 4.69) is 17.6 Å². The molecule has 20 heavy (non-hydrogen) atoms. The van der Waals surface area contributed by atoms with E-state index in [0.29, 0.717) is 18.9 Å². The van der Waals surface area contributed by atoms with Crippen LogP contribution in [-0.2, 0) is 4.79 Å². The van der Waals surface area contributed by atoms with Crippen LogP contribution in [0.1, 0.15) is 58.8 Å². The van der Waals surface area contributed by atoms with Crippen molar-refractivity contribution in [2.24, 2.45) is 11.3 Å². The van der Waals surface area contributed by atoms with Gasteiger partial charge in [-0.15, -0.1) is 0 Å². The van der Waals surface area contributed by atoms with Crippen LogP contribution in [0.2, 0.25) is 0 Å². The van der Waals surface area contributed by atoms with Crippen LogP contribution in [0.15, 0.2) is 0 Å². The number of carbonyl (C=O) groups is 2. The standard InChI is InChI=1S/C15H28N2O3/c1-12(5-6-13(18)19)7-10-16-14(20)17-11-15(2)8-3-4-9-15/h12H,3-11H2,1-2H3,(H,18,19)(H2,16,17,20). The largest absolute Gasteiger partial charge is 0.481 e. The molecule has 1 aliphatic rings. The number of aliphatic carboxylic acids is 1. The fourth-order valence-corrected chi connectivity index (χ4v) is 2.71. The van der Waals surface area contributed by atoms with E-state index >= 15 is 0 Å². The molecule has 0 saturated heterocycles. The third-order valence-electron chi connectivity index (χ3n) is 4.26. The summed E-state index contributed by atoms with van der Waals surface area (Å²) in [5.74, 6) is -0.439. The van der Waals surface area contributed by atoms with Gasteiger partial charge in [-0.25, -0.2) is 4.79 Å². The lowest BCUT2D eigenvalue weighted by Crippen LogP contribution is -2.41. The van der Waals surface area contributed by atoms with Gasteiger partial charge in [-0.1, -0.05) is 26.7 Å². The van der Waals surface area contributed by atoms with Gasteiger partial charge in [0.25, 0.3) is 0 Å². The Morgan fingerprint density at radius 3 is 2.45 bits per heavy atom. The first-order valence-corrected chi connectivity index (χ1v) is 7.65. The molecule has 0 radical (unpaired) electrons. The number of hydrogen-bond donors (Lipinski definition) is 3. The topological polar surface area (TPSA) is 78.4 Å². The van der Waals surface area contributed by atoms with E-state index in [1.807, 2.05) is 6.92 Å². The van der Waals surface area contributed by atoms with Crippen LogP contribution >= 0.6 is 0 Å².